The standard InChI is InChI=1S/C11H8FN3O2S/c12-8-2-1-6(5-14-8)10(17)15-11-7(9(13)16)3-4-18-11/h1-5H,(H2,13,16)(H,15,17). The molecule has 3 N–H and O–H groups in total. The van der Waals surface area contributed by atoms with Crippen LogP contribution in [0.1, 0.15) is 20.7 Å². The molecule has 0 fully saturated rings. The molecule has 0 radical (unpaired) electrons. The van der Waals surface area contributed by atoms with Gasteiger partial charge < -0.3 is 11.1 Å². The zero-order chi connectivity index (χ0) is 13.1. The molecule has 2 rings (SSSR count). The normalized spacial score (nSPS) is 10.1. The minimum absolute atomic E-state index is 0.195. The van der Waals surface area contributed by atoms with Gasteiger partial charge in [-0.05, 0) is 23.6 Å². The third-order valence-electron chi connectivity index (χ3n) is 2.15. The minimum atomic E-state index is -0.666. The lowest BCUT2D eigenvalue weighted by atomic mass is 10.2. The molecule has 2 heterocycles. The molecule has 0 saturated heterocycles. The molecule has 2 aromatic rings. The summed E-state index contributed by atoms with van der Waals surface area (Å²) in [5.74, 6) is -1.77. The Balaban J connectivity index is 2.19. The van der Waals surface area contributed by atoms with Crippen molar-refractivity contribution in [3.63, 3.8) is 0 Å². The molecule has 0 atom stereocenters. The summed E-state index contributed by atoms with van der Waals surface area (Å²) in [6.45, 7) is 0. The van der Waals surface area contributed by atoms with E-state index >= 15 is 0 Å². The van der Waals surface area contributed by atoms with Crippen LogP contribution in [0.25, 0.3) is 0 Å². The van der Waals surface area contributed by atoms with Gasteiger partial charge in [-0.1, -0.05) is 0 Å². The van der Waals surface area contributed by atoms with Gasteiger partial charge in [0.2, 0.25) is 5.95 Å². The van der Waals surface area contributed by atoms with Crippen LogP contribution in [0.5, 0.6) is 0 Å². The number of nitrogens with two attached hydrogens (primary N) is 1. The Morgan fingerprint density at radius 1 is 1.33 bits per heavy atom. The first-order chi connectivity index (χ1) is 8.58. The van der Waals surface area contributed by atoms with Crippen LogP contribution in [-0.4, -0.2) is 16.8 Å². The lowest BCUT2D eigenvalue weighted by Gasteiger charge is -2.03. The number of halogens is 1. The molecule has 92 valence electrons. The zero-order valence-corrected chi connectivity index (χ0v) is 9.83. The lowest BCUT2D eigenvalue weighted by molar-refractivity contribution is 0.100. The van der Waals surface area contributed by atoms with E-state index in [2.05, 4.69) is 10.3 Å². The fraction of sp³-hybridized carbons (Fsp3) is 0. The summed E-state index contributed by atoms with van der Waals surface area (Å²) in [6.07, 6.45) is 1.11. The van der Waals surface area contributed by atoms with Crippen molar-refractivity contribution in [2.45, 2.75) is 0 Å². The molecule has 5 nitrogen and oxygen atoms in total. The summed E-state index contributed by atoms with van der Waals surface area (Å²) < 4.78 is 12.6. The Morgan fingerprint density at radius 3 is 2.72 bits per heavy atom. The Kier molecular flexibility index (Phi) is 3.33. The maximum Gasteiger partial charge on any atom is 0.257 e. The number of primary amides is 1. The Labute approximate surface area is 105 Å². The molecule has 0 aromatic carbocycles. The molecule has 0 unspecified atom stereocenters. The lowest BCUT2D eigenvalue weighted by Crippen LogP contribution is -2.16. The molecule has 0 saturated carbocycles. The van der Waals surface area contributed by atoms with Crippen LogP contribution in [-0.2, 0) is 0 Å². The fourth-order valence-electron chi connectivity index (χ4n) is 1.29. The largest absolute Gasteiger partial charge is 0.366 e. The number of carbonyl (C=O) groups excluding carboxylic acids is 2. The summed E-state index contributed by atoms with van der Waals surface area (Å²) in [4.78, 5) is 26.2. The summed E-state index contributed by atoms with van der Waals surface area (Å²) in [5, 5.41) is 4.52. The number of nitrogens with one attached hydrogen (secondary N) is 1. The monoisotopic (exact) mass is 265 g/mol. The first-order valence-electron chi connectivity index (χ1n) is 4.88. The van der Waals surface area contributed by atoms with Gasteiger partial charge in [-0.25, -0.2) is 4.98 Å². The van der Waals surface area contributed by atoms with Crippen LogP contribution in [0.15, 0.2) is 29.8 Å². The first-order valence-corrected chi connectivity index (χ1v) is 5.76. The van der Waals surface area contributed by atoms with Crippen LogP contribution >= 0.6 is 11.3 Å². The van der Waals surface area contributed by atoms with Gasteiger partial charge in [0.25, 0.3) is 11.8 Å². The smallest absolute Gasteiger partial charge is 0.257 e. The molecule has 2 aromatic heterocycles. The summed E-state index contributed by atoms with van der Waals surface area (Å²) in [6, 6.07) is 3.90. The zero-order valence-electron chi connectivity index (χ0n) is 9.01. The van der Waals surface area contributed by atoms with Gasteiger partial charge in [0.1, 0.15) is 5.00 Å². The number of nitrogens with zero attached hydrogens (tertiary/aromatic N) is 1. The van der Waals surface area contributed by atoms with Crippen molar-refractivity contribution in [3.8, 4) is 0 Å². The second-order valence-corrected chi connectivity index (χ2v) is 4.27. The van der Waals surface area contributed by atoms with Crippen molar-refractivity contribution in [2.24, 2.45) is 5.73 Å². The number of rotatable bonds is 3. The molecule has 7 heteroatoms. The number of anilines is 1. The molecule has 0 aliphatic rings. The highest BCUT2D eigenvalue weighted by molar-refractivity contribution is 7.14. The first kappa shape index (κ1) is 12.2. The summed E-state index contributed by atoms with van der Waals surface area (Å²) in [7, 11) is 0. The van der Waals surface area contributed by atoms with Gasteiger partial charge in [-0.2, -0.15) is 4.39 Å². The average molecular weight is 265 g/mol. The predicted molar refractivity (Wildman–Crippen MR) is 65.0 cm³/mol. The second-order valence-electron chi connectivity index (χ2n) is 3.35. The molecule has 0 spiro atoms. The highest BCUT2D eigenvalue weighted by Gasteiger charge is 2.13. The molecule has 0 aliphatic heterocycles. The van der Waals surface area contributed by atoms with Gasteiger partial charge in [0, 0.05) is 6.20 Å². The van der Waals surface area contributed by atoms with E-state index in [-0.39, 0.29) is 11.1 Å². The topological polar surface area (TPSA) is 85.1 Å². The number of pyridine rings is 1. The van der Waals surface area contributed by atoms with Crippen LogP contribution in [0.3, 0.4) is 0 Å². The van der Waals surface area contributed by atoms with Gasteiger partial charge in [0.05, 0.1) is 11.1 Å². The molecule has 2 amide bonds. The fourth-order valence-corrected chi connectivity index (χ4v) is 2.07. The van der Waals surface area contributed by atoms with Crippen LogP contribution < -0.4 is 11.1 Å². The molecular formula is C11H8FN3O2S. The highest BCUT2D eigenvalue weighted by atomic mass is 32.1. The number of thiophene rings is 1. The molecule has 18 heavy (non-hydrogen) atoms. The van der Waals surface area contributed by atoms with Gasteiger partial charge in [-0.15, -0.1) is 11.3 Å². The molecule has 0 aliphatic carbocycles. The Bertz CT molecular complexity index is 595. The van der Waals surface area contributed by atoms with Crippen molar-refractivity contribution in [3.05, 3.63) is 46.9 Å². The minimum Gasteiger partial charge on any atom is -0.366 e. The number of aromatic nitrogens is 1. The maximum absolute atomic E-state index is 12.6. The SMILES string of the molecule is NC(=O)c1ccsc1NC(=O)c1ccc(F)nc1. The van der Waals surface area contributed by atoms with E-state index in [9.17, 15) is 14.0 Å². The van der Waals surface area contributed by atoms with E-state index < -0.39 is 17.8 Å². The Hall–Kier alpha value is -2.28. The van der Waals surface area contributed by atoms with E-state index in [0.717, 1.165) is 12.3 Å². The van der Waals surface area contributed by atoms with Crippen LogP contribution in [0, 0.1) is 5.95 Å². The predicted octanol–water partition coefficient (Wildman–Crippen LogP) is 1.63. The van der Waals surface area contributed by atoms with Crippen molar-refractivity contribution < 1.29 is 14.0 Å². The van der Waals surface area contributed by atoms with Crippen molar-refractivity contribution in [2.75, 3.05) is 5.32 Å². The van der Waals surface area contributed by atoms with Gasteiger partial charge in [-0.3, -0.25) is 9.59 Å². The third-order valence-corrected chi connectivity index (χ3v) is 2.98. The Morgan fingerprint density at radius 2 is 2.11 bits per heavy atom. The van der Waals surface area contributed by atoms with E-state index in [1.54, 1.807) is 5.38 Å². The number of amides is 2. The third kappa shape index (κ3) is 2.51. The quantitative estimate of drug-likeness (QED) is 0.827. The van der Waals surface area contributed by atoms with Crippen molar-refractivity contribution in [1.29, 1.82) is 0 Å². The number of carbonyl (C=O) groups is 2. The molecular weight excluding hydrogens is 257 g/mol. The van der Waals surface area contributed by atoms with E-state index in [0.29, 0.717) is 5.00 Å². The second kappa shape index (κ2) is 4.92. The van der Waals surface area contributed by atoms with Crippen molar-refractivity contribution >= 4 is 28.2 Å². The highest BCUT2D eigenvalue weighted by Crippen LogP contribution is 2.23. The van der Waals surface area contributed by atoms with E-state index in [1.165, 1.54) is 23.5 Å². The van der Waals surface area contributed by atoms with Gasteiger partial charge >= 0.3 is 0 Å². The summed E-state index contributed by atoms with van der Waals surface area (Å²) in [5.41, 5.74) is 5.58. The van der Waals surface area contributed by atoms with Crippen molar-refractivity contribution in [1.82, 2.24) is 4.98 Å². The number of hydrogen-bond donors (Lipinski definition) is 2. The van der Waals surface area contributed by atoms with E-state index in [4.69, 9.17) is 5.73 Å². The molecule has 0 bridgehead atoms. The summed E-state index contributed by atoms with van der Waals surface area (Å²) >= 11 is 1.18. The van der Waals surface area contributed by atoms with E-state index in [1.807, 2.05) is 0 Å². The van der Waals surface area contributed by atoms with Gasteiger partial charge in [0.15, 0.2) is 0 Å². The average Bonchev–Trinajstić information content (AvgIpc) is 2.78. The number of hydrogen-bond acceptors (Lipinski definition) is 4. The van der Waals surface area contributed by atoms with Crippen LogP contribution in [0.4, 0.5) is 9.39 Å². The maximum atomic E-state index is 12.6. The van der Waals surface area contributed by atoms with Crippen LogP contribution in [0.2, 0.25) is 0 Å².